The number of carbonyl (C=O) groups is 1. The van der Waals surface area contributed by atoms with Crippen molar-refractivity contribution in [2.24, 2.45) is 0 Å². The van der Waals surface area contributed by atoms with Crippen molar-refractivity contribution in [2.75, 3.05) is 42.9 Å². The standard InChI is InChI=1S/C34H38N8O2/c43-30-22-42(19-14-29(30)41-16-11-24-6-4-5-9-26(24)21-41)34(44)28-20-31(39-33(38-28)25-7-2-1-3-8-25)37-27-12-17-40(18-13-27)32-10-15-35-23-36-32/h1-10,15,20,23,27,29-30,43H,11-14,16-19,21-22H2,(H,37,38,39)/t29-,30-/m1/s1. The summed E-state index contributed by atoms with van der Waals surface area (Å²) in [7, 11) is 0. The third-order valence-corrected chi connectivity index (χ3v) is 9.18. The van der Waals surface area contributed by atoms with Crippen molar-refractivity contribution < 1.29 is 9.90 Å². The first-order valence-electron chi connectivity index (χ1n) is 15.6. The molecule has 10 heteroatoms. The Morgan fingerprint density at radius 2 is 1.68 bits per heavy atom. The summed E-state index contributed by atoms with van der Waals surface area (Å²) in [5.74, 6) is 1.92. The van der Waals surface area contributed by atoms with Crippen molar-refractivity contribution in [3.63, 3.8) is 0 Å². The predicted molar refractivity (Wildman–Crippen MR) is 169 cm³/mol. The van der Waals surface area contributed by atoms with Gasteiger partial charge < -0.3 is 20.2 Å². The molecule has 0 spiro atoms. The van der Waals surface area contributed by atoms with Crippen molar-refractivity contribution in [3.8, 4) is 11.4 Å². The van der Waals surface area contributed by atoms with Gasteiger partial charge in [0, 0.05) is 69.2 Å². The van der Waals surface area contributed by atoms with E-state index in [2.05, 4.69) is 49.4 Å². The van der Waals surface area contributed by atoms with Gasteiger partial charge in [-0.25, -0.2) is 19.9 Å². The summed E-state index contributed by atoms with van der Waals surface area (Å²) in [6, 6.07) is 22.3. The zero-order chi connectivity index (χ0) is 29.9. The molecule has 10 nitrogen and oxygen atoms in total. The van der Waals surface area contributed by atoms with Crippen LogP contribution in [0.3, 0.4) is 0 Å². The molecule has 1 amide bonds. The van der Waals surface area contributed by atoms with Gasteiger partial charge in [-0.3, -0.25) is 9.69 Å². The van der Waals surface area contributed by atoms with Crippen molar-refractivity contribution in [2.45, 2.75) is 50.4 Å². The fourth-order valence-electron chi connectivity index (χ4n) is 6.77. The SMILES string of the molecule is O=C(c1cc(NC2CCN(c3ccncn3)CC2)nc(-c2ccccc2)n1)N1CC[C@@H](N2CCc3ccccc3C2)[C@H](O)C1. The van der Waals surface area contributed by atoms with E-state index in [1.165, 1.54) is 11.1 Å². The molecule has 5 heterocycles. The number of anilines is 2. The molecule has 2 aromatic carbocycles. The van der Waals surface area contributed by atoms with E-state index in [0.717, 1.165) is 63.2 Å². The topological polar surface area (TPSA) is 111 Å². The van der Waals surface area contributed by atoms with Gasteiger partial charge in [-0.15, -0.1) is 0 Å². The number of likely N-dealkylation sites (tertiary alicyclic amines) is 1. The molecule has 2 saturated heterocycles. The van der Waals surface area contributed by atoms with Crippen LogP contribution in [0.25, 0.3) is 11.4 Å². The van der Waals surface area contributed by atoms with Crippen molar-refractivity contribution in [3.05, 3.63) is 96.1 Å². The van der Waals surface area contributed by atoms with Crippen molar-refractivity contribution in [1.29, 1.82) is 0 Å². The highest BCUT2D eigenvalue weighted by Gasteiger charge is 2.36. The molecule has 3 aliphatic heterocycles. The van der Waals surface area contributed by atoms with Crippen LogP contribution in [0.5, 0.6) is 0 Å². The van der Waals surface area contributed by atoms with Crippen LogP contribution in [0.2, 0.25) is 0 Å². The van der Waals surface area contributed by atoms with E-state index < -0.39 is 6.10 Å². The van der Waals surface area contributed by atoms with E-state index in [0.29, 0.717) is 23.9 Å². The van der Waals surface area contributed by atoms with Gasteiger partial charge in [-0.2, -0.15) is 0 Å². The Morgan fingerprint density at radius 3 is 2.45 bits per heavy atom. The minimum Gasteiger partial charge on any atom is -0.390 e. The average Bonchev–Trinajstić information content (AvgIpc) is 3.08. The first-order valence-corrected chi connectivity index (χ1v) is 15.6. The molecule has 0 bridgehead atoms. The van der Waals surface area contributed by atoms with Crippen LogP contribution in [0.15, 0.2) is 79.3 Å². The first kappa shape index (κ1) is 28.4. The predicted octanol–water partition coefficient (Wildman–Crippen LogP) is 3.65. The molecule has 2 fully saturated rings. The number of nitrogens with one attached hydrogen (secondary N) is 1. The molecule has 2 aromatic heterocycles. The number of aliphatic hydroxyl groups is 1. The number of rotatable bonds is 6. The number of benzene rings is 2. The number of nitrogens with zero attached hydrogens (tertiary/aromatic N) is 7. The summed E-state index contributed by atoms with van der Waals surface area (Å²) in [6.07, 6.45) is 6.27. The lowest BCUT2D eigenvalue weighted by Crippen LogP contribution is -2.56. The lowest BCUT2D eigenvalue weighted by Gasteiger charge is -2.43. The van der Waals surface area contributed by atoms with Crippen LogP contribution in [0.4, 0.5) is 11.6 Å². The molecule has 226 valence electrons. The lowest BCUT2D eigenvalue weighted by molar-refractivity contribution is -0.0139. The van der Waals surface area contributed by atoms with Gasteiger partial charge >= 0.3 is 0 Å². The molecule has 2 atom stereocenters. The van der Waals surface area contributed by atoms with Crippen LogP contribution in [-0.4, -0.2) is 91.7 Å². The number of hydrogen-bond donors (Lipinski definition) is 2. The molecule has 44 heavy (non-hydrogen) atoms. The minimum absolute atomic E-state index is 0.0307. The van der Waals surface area contributed by atoms with E-state index in [9.17, 15) is 9.90 Å². The zero-order valence-electron chi connectivity index (χ0n) is 24.8. The third kappa shape index (κ3) is 6.13. The highest BCUT2D eigenvalue weighted by atomic mass is 16.3. The maximum absolute atomic E-state index is 13.9. The number of amides is 1. The Bertz CT molecular complexity index is 1580. The van der Waals surface area contributed by atoms with Gasteiger partial charge in [0.25, 0.3) is 5.91 Å². The van der Waals surface area contributed by atoms with Crippen molar-refractivity contribution >= 4 is 17.5 Å². The average molecular weight is 591 g/mol. The van der Waals surface area contributed by atoms with E-state index >= 15 is 0 Å². The number of aliphatic hydroxyl groups excluding tert-OH is 1. The summed E-state index contributed by atoms with van der Waals surface area (Å²) in [6.45, 7) is 4.36. The first-order chi connectivity index (χ1) is 21.6. The highest BCUT2D eigenvalue weighted by Crippen LogP contribution is 2.27. The summed E-state index contributed by atoms with van der Waals surface area (Å²) in [4.78, 5) is 38.2. The fourth-order valence-corrected chi connectivity index (χ4v) is 6.77. The van der Waals surface area contributed by atoms with Crippen LogP contribution in [-0.2, 0) is 13.0 Å². The fraction of sp³-hybridized carbons (Fsp3) is 0.382. The maximum Gasteiger partial charge on any atom is 0.272 e. The van der Waals surface area contributed by atoms with Crippen molar-refractivity contribution in [1.82, 2.24) is 29.7 Å². The maximum atomic E-state index is 13.9. The molecule has 4 aromatic rings. The zero-order valence-corrected chi connectivity index (χ0v) is 24.8. The molecule has 0 aliphatic carbocycles. The van der Waals surface area contributed by atoms with E-state index in [4.69, 9.17) is 9.97 Å². The summed E-state index contributed by atoms with van der Waals surface area (Å²) < 4.78 is 0. The van der Waals surface area contributed by atoms with Crippen LogP contribution >= 0.6 is 0 Å². The van der Waals surface area contributed by atoms with Crippen LogP contribution < -0.4 is 10.2 Å². The molecular weight excluding hydrogens is 552 g/mol. The number of hydrogen-bond acceptors (Lipinski definition) is 9. The summed E-state index contributed by atoms with van der Waals surface area (Å²) in [5, 5.41) is 14.8. The third-order valence-electron chi connectivity index (χ3n) is 9.18. The number of β-amino-alcohol motifs (C(OH)–C–C–N with tert-alkyl or cyclic N) is 1. The van der Waals surface area contributed by atoms with E-state index in [-0.39, 0.29) is 24.5 Å². The van der Waals surface area contributed by atoms with Gasteiger partial charge in [0.15, 0.2) is 5.82 Å². The largest absolute Gasteiger partial charge is 0.390 e. The number of piperidine rings is 2. The van der Waals surface area contributed by atoms with Crippen LogP contribution in [0.1, 0.15) is 40.9 Å². The Kier molecular flexibility index (Phi) is 8.17. The minimum atomic E-state index is -0.619. The van der Waals surface area contributed by atoms with Gasteiger partial charge in [0.1, 0.15) is 23.7 Å². The Hall–Kier alpha value is -4.41. The molecule has 7 rings (SSSR count). The Balaban J connectivity index is 1.05. The lowest BCUT2D eigenvalue weighted by atomic mass is 9.94. The second-order valence-electron chi connectivity index (χ2n) is 12.0. The molecule has 3 aliphatic rings. The molecule has 2 N–H and O–H groups in total. The van der Waals surface area contributed by atoms with Crippen LogP contribution in [0, 0.1) is 0 Å². The number of fused-ring (bicyclic) bond motifs is 1. The number of carbonyl (C=O) groups excluding carboxylic acids is 1. The Morgan fingerprint density at radius 1 is 0.886 bits per heavy atom. The second-order valence-corrected chi connectivity index (χ2v) is 12.0. The molecular formula is C34H38N8O2. The quantitative estimate of drug-likeness (QED) is 0.348. The molecule has 0 radical (unpaired) electrons. The number of aromatic nitrogens is 4. The van der Waals surface area contributed by atoms with E-state index in [1.807, 2.05) is 36.4 Å². The summed E-state index contributed by atoms with van der Waals surface area (Å²) in [5.41, 5.74) is 3.92. The molecule has 0 saturated carbocycles. The normalized spacial score (nSPS) is 21.1. The second kappa shape index (κ2) is 12.7. The highest BCUT2D eigenvalue weighted by molar-refractivity contribution is 5.93. The Labute approximate surface area is 257 Å². The smallest absolute Gasteiger partial charge is 0.272 e. The monoisotopic (exact) mass is 590 g/mol. The summed E-state index contributed by atoms with van der Waals surface area (Å²) >= 11 is 0. The van der Waals surface area contributed by atoms with E-state index in [1.54, 1.807) is 23.5 Å². The molecule has 0 unspecified atom stereocenters. The van der Waals surface area contributed by atoms with Gasteiger partial charge in [0.2, 0.25) is 0 Å². The van der Waals surface area contributed by atoms with Gasteiger partial charge in [-0.1, -0.05) is 54.6 Å². The van der Waals surface area contributed by atoms with Gasteiger partial charge in [-0.05, 0) is 42.9 Å². The van der Waals surface area contributed by atoms with Gasteiger partial charge in [0.05, 0.1) is 6.10 Å².